The largest absolute Gasteiger partial charge is 0.348 e. The van der Waals surface area contributed by atoms with Crippen LogP contribution in [0.1, 0.15) is 71.6 Å². The summed E-state index contributed by atoms with van der Waals surface area (Å²) in [6, 6.07) is 0. The van der Waals surface area contributed by atoms with Crippen LogP contribution in [0.3, 0.4) is 0 Å². The van der Waals surface area contributed by atoms with Crippen molar-refractivity contribution in [1.29, 1.82) is 0 Å². The number of hydrogen-bond donors (Lipinski definition) is 0. The molecule has 0 N–H and O–H groups in total. The monoisotopic (exact) mass is 228 g/mol. The molecule has 0 aromatic rings. The molecule has 96 valence electrons. The highest BCUT2D eigenvalue weighted by Crippen LogP contribution is 2.25. The van der Waals surface area contributed by atoms with E-state index < -0.39 is 0 Å². The number of ether oxygens (including phenoxy) is 2. The van der Waals surface area contributed by atoms with Crippen LogP contribution in [0.5, 0.6) is 0 Å². The van der Waals surface area contributed by atoms with Gasteiger partial charge < -0.3 is 9.47 Å². The molecule has 0 aromatic carbocycles. The molecule has 16 heavy (non-hydrogen) atoms. The van der Waals surface area contributed by atoms with Crippen LogP contribution in [0, 0.1) is 0 Å². The van der Waals surface area contributed by atoms with Crippen LogP contribution in [0.15, 0.2) is 0 Å². The molecule has 1 fully saturated rings. The van der Waals surface area contributed by atoms with E-state index in [0.29, 0.717) is 0 Å². The van der Waals surface area contributed by atoms with Gasteiger partial charge in [-0.15, -0.1) is 0 Å². The molecule has 0 aliphatic carbocycles. The Kier molecular flexibility index (Phi) is 7.06. The molecule has 1 heterocycles. The molecule has 1 rings (SSSR count). The Morgan fingerprint density at radius 1 is 0.812 bits per heavy atom. The van der Waals surface area contributed by atoms with Crippen molar-refractivity contribution in [2.24, 2.45) is 0 Å². The van der Waals surface area contributed by atoms with Crippen molar-refractivity contribution in [3.05, 3.63) is 0 Å². The lowest BCUT2D eigenvalue weighted by Gasteiger charge is -2.21. The van der Waals surface area contributed by atoms with Crippen LogP contribution in [0.4, 0.5) is 0 Å². The maximum absolute atomic E-state index is 5.58. The predicted octanol–water partition coefficient (Wildman–Crippen LogP) is 4.28. The summed E-state index contributed by atoms with van der Waals surface area (Å²) in [5.41, 5.74) is 0. The molecule has 0 amide bonds. The van der Waals surface area contributed by atoms with Crippen molar-refractivity contribution >= 4 is 0 Å². The second-order valence-corrected chi connectivity index (χ2v) is 5.06. The summed E-state index contributed by atoms with van der Waals surface area (Å²) in [4.78, 5) is 0. The standard InChI is InChI=1S/C14H28O2/c1-3-4-5-6-7-8-9-10-11-14(2)15-12-13-16-14/h3-13H2,1-2H3. The fraction of sp³-hybridized carbons (Fsp3) is 1.00. The number of unbranched alkanes of at least 4 members (excludes halogenated alkanes) is 7. The lowest BCUT2D eigenvalue weighted by Crippen LogP contribution is -2.24. The maximum Gasteiger partial charge on any atom is 0.165 e. The van der Waals surface area contributed by atoms with Gasteiger partial charge in [0.2, 0.25) is 0 Å². The van der Waals surface area contributed by atoms with Crippen molar-refractivity contribution in [2.75, 3.05) is 13.2 Å². The molecule has 2 heteroatoms. The van der Waals surface area contributed by atoms with E-state index in [1.54, 1.807) is 0 Å². The van der Waals surface area contributed by atoms with Crippen molar-refractivity contribution < 1.29 is 9.47 Å². The van der Waals surface area contributed by atoms with Crippen molar-refractivity contribution in [2.45, 2.75) is 77.4 Å². The first-order chi connectivity index (χ1) is 7.77. The fourth-order valence-electron chi connectivity index (χ4n) is 2.28. The highest BCUT2D eigenvalue weighted by atomic mass is 16.7. The van der Waals surface area contributed by atoms with E-state index in [2.05, 4.69) is 13.8 Å². The normalized spacial score (nSPS) is 19.1. The van der Waals surface area contributed by atoms with Gasteiger partial charge in [0.25, 0.3) is 0 Å². The van der Waals surface area contributed by atoms with Crippen LogP contribution in [0.2, 0.25) is 0 Å². The van der Waals surface area contributed by atoms with Crippen LogP contribution < -0.4 is 0 Å². The Morgan fingerprint density at radius 2 is 1.31 bits per heavy atom. The van der Waals surface area contributed by atoms with Gasteiger partial charge in [-0.3, -0.25) is 0 Å². The minimum absolute atomic E-state index is 0.262. The summed E-state index contributed by atoms with van der Waals surface area (Å²) in [6.07, 6.45) is 12.0. The summed E-state index contributed by atoms with van der Waals surface area (Å²) < 4.78 is 11.2. The van der Waals surface area contributed by atoms with Gasteiger partial charge in [-0.25, -0.2) is 0 Å². The third-order valence-electron chi connectivity index (χ3n) is 3.38. The van der Waals surface area contributed by atoms with E-state index in [1.165, 1.54) is 51.4 Å². The smallest absolute Gasteiger partial charge is 0.165 e. The summed E-state index contributed by atoms with van der Waals surface area (Å²) in [5.74, 6) is -0.262. The topological polar surface area (TPSA) is 18.5 Å². The zero-order valence-corrected chi connectivity index (χ0v) is 11.1. The first-order valence-corrected chi connectivity index (χ1v) is 7.05. The predicted molar refractivity (Wildman–Crippen MR) is 67.5 cm³/mol. The van der Waals surface area contributed by atoms with E-state index in [1.807, 2.05) is 0 Å². The third-order valence-corrected chi connectivity index (χ3v) is 3.38. The molecule has 1 aliphatic heterocycles. The second kappa shape index (κ2) is 8.08. The summed E-state index contributed by atoms with van der Waals surface area (Å²) in [5, 5.41) is 0. The van der Waals surface area contributed by atoms with E-state index in [0.717, 1.165) is 19.6 Å². The van der Waals surface area contributed by atoms with Crippen molar-refractivity contribution in [3.63, 3.8) is 0 Å². The molecule has 0 atom stereocenters. The molecule has 1 saturated heterocycles. The molecule has 2 nitrogen and oxygen atoms in total. The van der Waals surface area contributed by atoms with Gasteiger partial charge in [0.15, 0.2) is 5.79 Å². The molecule has 0 aromatic heterocycles. The zero-order valence-electron chi connectivity index (χ0n) is 11.1. The van der Waals surface area contributed by atoms with Gasteiger partial charge in [0.1, 0.15) is 0 Å². The lowest BCUT2D eigenvalue weighted by molar-refractivity contribution is -0.147. The van der Waals surface area contributed by atoms with Crippen molar-refractivity contribution in [3.8, 4) is 0 Å². The molecular formula is C14H28O2. The van der Waals surface area contributed by atoms with Crippen LogP contribution in [-0.2, 0) is 9.47 Å². The zero-order chi connectivity index (χ0) is 11.7. The maximum atomic E-state index is 5.58. The molecule has 0 bridgehead atoms. The minimum atomic E-state index is -0.262. The van der Waals surface area contributed by atoms with Crippen molar-refractivity contribution in [1.82, 2.24) is 0 Å². The third kappa shape index (κ3) is 5.86. The molecule has 0 radical (unpaired) electrons. The van der Waals surface area contributed by atoms with E-state index in [-0.39, 0.29) is 5.79 Å². The Labute approximate surface area is 101 Å². The van der Waals surface area contributed by atoms with Gasteiger partial charge >= 0.3 is 0 Å². The Bertz CT molecular complexity index is 162. The van der Waals surface area contributed by atoms with Gasteiger partial charge in [-0.1, -0.05) is 51.9 Å². The van der Waals surface area contributed by atoms with Gasteiger partial charge in [0, 0.05) is 6.42 Å². The van der Waals surface area contributed by atoms with Crippen LogP contribution in [0.25, 0.3) is 0 Å². The highest BCUT2D eigenvalue weighted by Gasteiger charge is 2.29. The van der Waals surface area contributed by atoms with Crippen LogP contribution in [-0.4, -0.2) is 19.0 Å². The lowest BCUT2D eigenvalue weighted by atomic mass is 10.0. The first-order valence-electron chi connectivity index (χ1n) is 7.05. The first kappa shape index (κ1) is 14.0. The molecule has 1 aliphatic rings. The summed E-state index contributed by atoms with van der Waals surface area (Å²) in [6.45, 7) is 5.88. The fourth-order valence-corrected chi connectivity index (χ4v) is 2.28. The highest BCUT2D eigenvalue weighted by molar-refractivity contribution is 4.67. The summed E-state index contributed by atoms with van der Waals surface area (Å²) >= 11 is 0. The Morgan fingerprint density at radius 3 is 1.88 bits per heavy atom. The van der Waals surface area contributed by atoms with E-state index in [4.69, 9.17) is 9.47 Å². The average molecular weight is 228 g/mol. The van der Waals surface area contributed by atoms with Gasteiger partial charge in [-0.05, 0) is 13.3 Å². The number of hydrogen-bond acceptors (Lipinski definition) is 2. The SMILES string of the molecule is CCCCCCCCCCC1(C)OCCO1. The molecular weight excluding hydrogens is 200 g/mol. The van der Waals surface area contributed by atoms with Gasteiger partial charge in [0.05, 0.1) is 13.2 Å². The average Bonchev–Trinajstić information content (AvgIpc) is 2.70. The van der Waals surface area contributed by atoms with E-state index >= 15 is 0 Å². The number of rotatable bonds is 9. The molecule has 0 unspecified atom stereocenters. The van der Waals surface area contributed by atoms with Crippen LogP contribution >= 0.6 is 0 Å². The molecule has 0 spiro atoms. The quantitative estimate of drug-likeness (QED) is 0.548. The molecule has 0 saturated carbocycles. The minimum Gasteiger partial charge on any atom is -0.348 e. The summed E-state index contributed by atoms with van der Waals surface area (Å²) in [7, 11) is 0. The Balaban J connectivity index is 1.84. The second-order valence-electron chi connectivity index (χ2n) is 5.06. The Hall–Kier alpha value is -0.0800. The van der Waals surface area contributed by atoms with E-state index in [9.17, 15) is 0 Å². The van der Waals surface area contributed by atoms with Gasteiger partial charge in [-0.2, -0.15) is 0 Å².